The Morgan fingerprint density at radius 2 is 2.16 bits per heavy atom. The number of nitrogens with one attached hydrogen (secondary N) is 1. The lowest BCUT2D eigenvalue weighted by Crippen LogP contribution is -2.10. The lowest BCUT2D eigenvalue weighted by atomic mass is 10.3. The van der Waals surface area contributed by atoms with Crippen LogP contribution in [0.25, 0.3) is 0 Å². The number of hydrazine groups is 1. The number of nitrogens with zero attached hydrogens (tertiary/aromatic N) is 2. The molecule has 1 aromatic heterocycles. The molecule has 0 spiro atoms. The van der Waals surface area contributed by atoms with Gasteiger partial charge in [0, 0.05) is 0 Å². The number of ether oxygens (including phenoxy) is 2. The molecule has 0 fully saturated rings. The first-order chi connectivity index (χ1) is 9.15. The maximum absolute atomic E-state index is 13.1. The fourth-order valence-electron chi connectivity index (χ4n) is 1.37. The number of anilines is 1. The Bertz CT molecular complexity index is 597. The largest absolute Gasteiger partial charge is 0.489 e. The van der Waals surface area contributed by atoms with E-state index in [9.17, 15) is 4.39 Å². The monoisotopic (exact) mass is 328 g/mol. The molecule has 0 saturated heterocycles. The highest BCUT2D eigenvalue weighted by atomic mass is 79.9. The number of benzene rings is 1. The second-order valence-corrected chi connectivity index (χ2v) is 4.24. The van der Waals surface area contributed by atoms with Gasteiger partial charge in [-0.05, 0) is 34.1 Å². The van der Waals surface area contributed by atoms with Crippen molar-refractivity contribution in [3.8, 4) is 17.4 Å². The normalized spacial score (nSPS) is 10.1. The fourth-order valence-corrected chi connectivity index (χ4v) is 1.73. The molecule has 8 heteroatoms. The van der Waals surface area contributed by atoms with Gasteiger partial charge in [0.2, 0.25) is 5.75 Å². The highest BCUT2D eigenvalue weighted by Gasteiger charge is 2.14. The summed E-state index contributed by atoms with van der Waals surface area (Å²) in [7, 11) is 1.44. The van der Waals surface area contributed by atoms with E-state index in [0.29, 0.717) is 5.75 Å². The molecule has 0 aliphatic carbocycles. The molecule has 0 aliphatic heterocycles. The van der Waals surface area contributed by atoms with E-state index < -0.39 is 0 Å². The van der Waals surface area contributed by atoms with E-state index in [0.717, 1.165) is 0 Å². The van der Waals surface area contributed by atoms with Crippen molar-refractivity contribution in [3.05, 3.63) is 34.8 Å². The van der Waals surface area contributed by atoms with Gasteiger partial charge in [-0.15, -0.1) is 0 Å². The standard InChI is InChI=1S/C11H10BrFN4O2/c1-18-9-10(17-14)15-5-16-11(9)19-6-2-3-8(13)7(12)4-6/h2-5H,14H2,1H3,(H,15,16,17). The van der Waals surface area contributed by atoms with Crippen LogP contribution >= 0.6 is 15.9 Å². The van der Waals surface area contributed by atoms with Crippen LogP contribution in [0.15, 0.2) is 29.0 Å². The third kappa shape index (κ3) is 2.91. The summed E-state index contributed by atoms with van der Waals surface area (Å²) in [5.41, 5.74) is 2.37. The molecule has 0 radical (unpaired) electrons. The zero-order valence-corrected chi connectivity index (χ0v) is 11.4. The van der Waals surface area contributed by atoms with Crippen LogP contribution in [0, 0.1) is 5.82 Å². The zero-order valence-electron chi connectivity index (χ0n) is 9.85. The molecule has 2 rings (SSSR count). The van der Waals surface area contributed by atoms with Crippen LogP contribution in [-0.4, -0.2) is 17.1 Å². The van der Waals surface area contributed by atoms with Gasteiger partial charge >= 0.3 is 0 Å². The summed E-state index contributed by atoms with van der Waals surface area (Å²) < 4.78 is 24.0. The van der Waals surface area contributed by atoms with Crippen molar-refractivity contribution in [3.63, 3.8) is 0 Å². The first kappa shape index (κ1) is 13.5. The smallest absolute Gasteiger partial charge is 0.268 e. The van der Waals surface area contributed by atoms with Gasteiger partial charge in [0.05, 0.1) is 11.6 Å². The van der Waals surface area contributed by atoms with E-state index in [1.807, 2.05) is 0 Å². The zero-order chi connectivity index (χ0) is 13.8. The summed E-state index contributed by atoms with van der Waals surface area (Å²) in [6.07, 6.45) is 1.27. The average molecular weight is 329 g/mol. The van der Waals surface area contributed by atoms with E-state index in [1.54, 1.807) is 0 Å². The minimum atomic E-state index is -0.383. The third-order valence-electron chi connectivity index (χ3n) is 2.22. The van der Waals surface area contributed by atoms with E-state index in [2.05, 4.69) is 31.3 Å². The first-order valence-electron chi connectivity index (χ1n) is 5.14. The molecule has 0 bridgehead atoms. The summed E-state index contributed by atoms with van der Waals surface area (Å²) in [5, 5.41) is 0. The quantitative estimate of drug-likeness (QED) is 0.662. The Kier molecular flexibility index (Phi) is 4.13. The molecule has 1 aromatic carbocycles. The van der Waals surface area contributed by atoms with Gasteiger partial charge in [0.15, 0.2) is 5.82 Å². The Morgan fingerprint density at radius 1 is 1.37 bits per heavy atom. The second kappa shape index (κ2) is 5.81. The van der Waals surface area contributed by atoms with Crippen LogP contribution in [0.2, 0.25) is 0 Å². The van der Waals surface area contributed by atoms with Crippen molar-refractivity contribution < 1.29 is 13.9 Å². The van der Waals surface area contributed by atoms with Crippen LogP contribution in [0.4, 0.5) is 10.2 Å². The Hall–Kier alpha value is -1.93. The summed E-state index contributed by atoms with van der Waals surface area (Å²) in [4.78, 5) is 7.82. The predicted octanol–water partition coefficient (Wildman–Crippen LogP) is 2.46. The summed E-state index contributed by atoms with van der Waals surface area (Å²) in [6, 6.07) is 4.22. The topological polar surface area (TPSA) is 82.3 Å². The van der Waals surface area contributed by atoms with Crippen molar-refractivity contribution >= 4 is 21.7 Å². The van der Waals surface area contributed by atoms with Gasteiger partial charge in [0.25, 0.3) is 5.88 Å². The third-order valence-corrected chi connectivity index (χ3v) is 2.83. The minimum Gasteiger partial charge on any atom is -0.489 e. The number of aromatic nitrogens is 2. The van der Waals surface area contributed by atoms with Crippen LogP contribution in [0.3, 0.4) is 0 Å². The fraction of sp³-hybridized carbons (Fsp3) is 0.0909. The van der Waals surface area contributed by atoms with Crippen molar-refractivity contribution in [2.24, 2.45) is 5.84 Å². The molecule has 1 heterocycles. The second-order valence-electron chi connectivity index (χ2n) is 3.38. The summed E-state index contributed by atoms with van der Waals surface area (Å²) in [6.45, 7) is 0. The molecular weight excluding hydrogens is 319 g/mol. The minimum absolute atomic E-state index is 0.170. The van der Waals surface area contributed by atoms with Crippen LogP contribution in [0.5, 0.6) is 17.4 Å². The number of rotatable bonds is 4. The molecule has 3 N–H and O–H groups in total. The van der Waals surface area contributed by atoms with Crippen molar-refractivity contribution in [1.29, 1.82) is 0 Å². The van der Waals surface area contributed by atoms with Crippen molar-refractivity contribution in [2.75, 3.05) is 12.5 Å². The number of hydrogen-bond acceptors (Lipinski definition) is 6. The maximum atomic E-state index is 13.1. The molecule has 0 amide bonds. The van der Waals surface area contributed by atoms with Gasteiger partial charge in [-0.3, -0.25) is 0 Å². The van der Waals surface area contributed by atoms with E-state index in [4.69, 9.17) is 15.3 Å². The number of nitrogen functional groups attached to an aromatic ring is 1. The first-order valence-corrected chi connectivity index (χ1v) is 5.93. The number of halogens is 2. The number of methoxy groups -OCH3 is 1. The highest BCUT2D eigenvalue weighted by Crippen LogP contribution is 2.34. The van der Waals surface area contributed by atoms with Gasteiger partial charge in [-0.25, -0.2) is 15.2 Å². The van der Waals surface area contributed by atoms with E-state index in [-0.39, 0.29) is 27.7 Å². The van der Waals surface area contributed by atoms with Crippen LogP contribution < -0.4 is 20.7 Å². The molecule has 2 aromatic rings. The SMILES string of the molecule is COc1c(NN)ncnc1Oc1ccc(F)c(Br)c1. The number of nitrogens with two attached hydrogens (primary N) is 1. The molecule has 0 saturated carbocycles. The van der Waals surface area contributed by atoms with Crippen molar-refractivity contribution in [2.45, 2.75) is 0 Å². The van der Waals surface area contributed by atoms with Gasteiger partial charge in [-0.1, -0.05) is 0 Å². The lowest BCUT2D eigenvalue weighted by Gasteiger charge is -2.11. The molecule has 0 unspecified atom stereocenters. The molecular formula is C11H10BrFN4O2. The predicted molar refractivity (Wildman–Crippen MR) is 70.6 cm³/mol. The molecule has 100 valence electrons. The molecule has 19 heavy (non-hydrogen) atoms. The van der Waals surface area contributed by atoms with Gasteiger partial charge < -0.3 is 14.9 Å². The summed E-state index contributed by atoms with van der Waals surface area (Å²) >= 11 is 3.07. The average Bonchev–Trinajstić information content (AvgIpc) is 2.42. The molecule has 6 nitrogen and oxygen atoms in total. The van der Waals surface area contributed by atoms with Crippen LogP contribution in [-0.2, 0) is 0 Å². The van der Waals surface area contributed by atoms with Crippen molar-refractivity contribution in [1.82, 2.24) is 9.97 Å². The van der Waals surface area contributed by atoms with Gasteiger partial charge in [-0.2, -0.15) is 4.98 Å². The van der Waals surface area contributed by atoms with E-state index in [1.165, 1.54) is 31.6 Å². The lowest BCUT2D eigenvalue weighted by molar-refractivity contribution is 0.368. The highest BCUT2D eigenvalue weighted by molar-refractivity contribution is 9.10. The maximum Gasteiger partial charge on any atom is 0.268 e. The molecule has 0 aliphatic rings. The summed E-state index contributed by atoms with van der Waals surface area (Å²) in [5.74, 6) is 6.02. The Morgan fingerprint density at radius 3 is 2.79 bits per heavy atom. The number of hydrogen-bond donors (Lipinski definition) is 2. The van der Waals surface area contributed by atoms with Crippen LogP contribution in [0.1, 0.15) is 0 Å². The Labute approximate surface area is 116 Å². The Balaban J connectivity index is 2.35. The van der Waals surface area contributed by atoms with Gasteiger partial charge in [0.1, 0.15) is 17.9 Å². The molecule has 0 atom stereocenters. The van der Waals surface area contributed by atoms with E-state index >= 15 is 0 Å².